The molecule has 0 amide bonds. The average Bonchev–Trinajstić information content (AvgIpc) is 2.04. The molecule has 0 aromatic carbocycles. The van der Waals surface area contributed by atoms with Gasteiger partial charge in [-0.3, -0.25) is 0 Å². The fourth-order valence-corrected chi connectivity index (χ4v) is 0.604. The number of ether oxygens (including phenoxy) is 2. The molecule has 0 bridgehead atoms. The second-order valence-electron chi connectivity index (χ2n) is 1.61. The van der Waals surface area contributed by atoms with Crippen molar-refractivity contribution in [3.05, 3.63) is 12.3 Å². The number of nitrogens with zero attached hydrogens (tertiary/aromatic N) is 2. The predicted octanol–water partition coefficient (Wildman–Crippen LogP) is 0.494. The van der Waals surface area contributed by atoms with Gasteiger partial charge in [0.1, 0.15) is 0 Å². The highest BCUT2D eigenvalue weighted by atomic mass is 16.5. The Morgan fingerprint density at radius 3 is 2.60 bits per heavy atom. The van der Waals surface area contributed by atoms with Gasteiger partial charge in [-0.2, -0.15) is 5.10 Å². The van der Waals surface area contributed by atoms with Crippen molar-refractivity contribution in [1.82, 2.24) is 10.2 Å². The van der Waals surface area contributed by atoms with E-state index in [1.54, 1.807) is 19.4 Å². The van der Waals surface area contributed by atoms with E-state index in [2.05, 4.69) is 10.2 Å². The molecular weight excluding hydrogens is 132 g/mol. The van der Waals surface area contributed by atoms with Crippen molar-refractivity contribution >= 4 is 0 Å². The summed E-state index contributed by atoms with van der Waals surface area (Å²) in [6, 6.07) is 1.69. The SMILES string of the molecule is COc1ccnnc1OC. The van der Waals surface area contributed by atoms with E-state index in [0.717, 1.165) is 0 Å². The van der Waals surface area contributed by atoms with Crippen LogP contribution in [0.1, 0.15) is 0 Å². The lowest BCUT2D eigenvalue weighted by Gasteiger charge is -2.02. The minimum atomic E-state index is 0.407. The van der Waals surface area contributed by atoms with Gasteiger partial charge in [-0.05, 0) is 0 Å². The zero-order chi connectivity index (χ0) is 7.40. The summed E-state index contributed by atoms with van der Waals surface area (Å²) >= 11 is 0. The Labute approximate surface area is 58.8 Å². The smallest absolute Gasteiger partial charge is 0.276 e. The van der Waals surface area contributed by atoms with Crippen molar-refractivity contribution in [1.29, 1.82) is 0 Å². The Hall–Kier alpha value is -1.32. The average molecular weight is 140 g/mol. The van der Waals surface area contributed by atoms with Crippen molar-refractivity contribution in [3.8, 4) is 11.6 Å². The Bertz CT molecular complexity index is 192. The van der Waals surface area contributed by atoms with E-state index in [1.807, 2.05) is 0 Å². The Morgan fingerprint density at radius 1 is 1.30 bits per heavy atom. The molecule has 0 aliphatic heterocycles. The first-order chi connectivity index (χ1) is 4.88. The second kappa shape index (κ2) is 3.00. The van der Waals surface area contributed by atoms with E-state index in [-0.39, 0.29) is 0 Å². The molecule has 0 fully saturated rings. The third-order valence-electron chi connectivity index (χ3n) is 1.07. The van der Waals surface area contributed by atoms with Crippen LogP contribution in [-0.2, 0) is 0 Å². The molecule has 10 heavy (non-hydrogen) atoms. The van der Waals surface area contributed by atoms with E-state index in [0.29, 0.717) is 11.6 Å². The van der Waals surface area contributed by atoms with Crippen LogP contribution in [0.15, 0.2) is 12.3 Å². The highest BCUT2D eigenvalue weighted by Gasteiger charge is 2.00. The van der Waals surface area contributed by atoms with E-state index in [4.69, 9.17) is 9.47 Å². The number of hydrogen-bond acceptors (Lipinski definition) is 4. The number of rotatable bonds is 2. The second-order valence-corrected chi connectivity index (χ2v) is 1.61. The number of methoxy groups -OCH3 is 2. The van der Waals surface area contributed by atoms with Crippen molar-refractivity contribution in [2.24, 2.45) is 0 Å². The molecular formula is C6H8N2O2. The molecule has 54 valence electrons. The van der Waals surface area contributed by atoms with Crippen LogP contribution >= 0.6 is 0 Å². The maximum Gasteiger partial charge on any atom is 0.276 e. The van der Waals surface area contributed by atoms with Crippen LogP contribution in [0.3, 0.4) is 0 Å². The number of hydrogen-bond donors (Lipinski definition) is 0. The van der Waals surface area contributed by atoms with Crippen LogP contribution in [-0.4, -0.2) is 24.4 Å². The van der Waals surface area contributed by atoms with Crippen LogP contribution in [0.2, 0.25) is 0 Å². The molecule has 1 aromatic heterocycles. The molecule has 1 rings (SSSR count). The molecule has 1 aromatic rings. The van der Waals surface area contributed by atoms with Crippen LogP contribution in [0.25, 0.3) is 0 Å². The summed E-state index contributed by atoms with van der Waals surface area (Å²) in [6.45, 7) is 0. The summed E-state index contributed by atoms with van der Waals surface area (Å²) in [7, 11) is 3.08. The molecule has 1 heterocycles. The van der Waals surface area contributed by atoms with Crippen molar-refractivity contribution in [2.75, 3.05) is 14.2 Å². The molecule has 0 saturated carbocycles. The van der Waals surface area contributed by atoms with Gasteiger partial charge in [-0.1, -0.05) is 0 Å². The zero-order valence-electron chi connectivity index (χ0n) is 5.87. The van der Waals surface area contributed by atoms with E-state index in [1.165, 1.54) is 7.11 Å². The lowest BCUT2D eigenvalue weighted by atomic mass is 10.5. The first kappa shape index (κ1) is 6.80. The summed E-state index contributed by atoms with van der Waals surface area (Å²) in [6.07, 6.45) is 1.54. The van der Waals surface area contributed by atoms with Gasteiger partial charge in [0, 0.05) is 6.07 Å². The topological polar surface area (TPSA) is 44.2 Å². The molecule has 0 saturated heterocycles. The molecule has 4 nitrogen and oxygen atoms in total. The first-order valence-electron chi connectivity index (χ1n) is 2.78. The minimum Gasteiger partial charge on any atom is -0.491 e. The van der Waals surface area contributed by atoms with Crippen molar-refractivity contribution < 1.29 is 9.47 Å². The Balaban J connectivity index is 2.96. The summed E-state index contributed by atoms with van der Waals surface area (Å²) in [5.74, 6) is 1.00. The van der Waals surface area contributed by atoms with Crippen molar-refractivity contribution in [2.45, 2.75) is 0 Å². The predicted molar refractivity (Wildman–Crippen MR) is 35.1 cm³/mol. The fourth-order valence-electron chi connectivity index (χ4n) is 0.604. The van der Waals surface area contributed by atoms with Crippen LogP contribution in [0.4, 0.5) is 0 Å². The summed E-state index contributed by atoms with van der Waals surface area (Å²) in [4.78, 5) is 0. The van der Waals surface area contributed by atoms with Gasteiger partial charge < -0.3 is 9.47 Å². The van der Waals surface area contributed by atoms with E-state index < -0.39 is 0 Å². The quantitative estimate of drug-likeness (QED) is 0.599. The van der Waals surface area contributed by atoms with Crippen LogP contribution in [0.5, 0.6) is 11.6 Å². The van der Waals surface area contributed by atoms with Gasteiger partial charge in [-0.15, -0.1) is 5.10 Å². The molecule has 0 N–H and O–H groups in total. The van der Waals surface area contributed by atoms with Gasteiger partial charge in [0.05, 0.1) is 20.4 Å². The van der Waals surface area contributed by atoms with Gasteiger partial charge in [0.15, 0.2) is 5.75 Å². The summed E-state index contributed by atoms with van der Waals surface area (Å²) < 4.78 is 9.75. The van der Waals surface area contributed by atoms with E-state index in [9.17, 15) is 0 Å². The van der Waals surface area contributed by atoms with Gasteiger partial charge in [0.2, 0.25) is 0 Å². The molecule has 0 aliphatic carbocycles. The molecule has 0 radical (unpaired) electrons. The normalized spacial score (nSPS) is 9.00. The standard InChI is InChI=1S/C6H8N2O2/c1-9-5-3-4-7-8-6(5)10-2/h3-4H,1-2H3. The number of aromatic nitrogens is 2. The molecule has 0 spiro atoms. The first-order valence-corrected chi connectivity index (χ1v) is 2.78. The fraction of sp³-hybridized carbons (Fsp3) is 0.333. The Kier molecular flexibility index (Phi) is 2.04. The summed E-state index contributed by atoms with van der Waals surface area (Å²) in [5, 5.41) is 7.28. The largest absolute Gasteiger partial charge is 0.491 e. The maximum atomic E-state index is 4.91. The van der Waals surface area contributed by atoms with Crippen molar-refractivity contribution in [3.63, 3.8) is 0 Å². The third-order valence-corrected chi connectivity index (χ3v) is 1.07. The highest BCUT2D eigenvalue weighted by Crippen LogP contribution is 2.20. The maximum absolute atomic E-state index is 4.91. The lowest BCUT2D eigenvalue weighted by Crippen LogP contribution is -1.93. The minimum absolute atomic E-state index is 0.407. The van der Waals surface area contributed by atoms with Crippen LogP contribution in [0, 0.1) is 0 Å². The highest BCUT2D eigenvalue weighted by molar-refractivity contribution is 5.29. The van der Waals surface area contributed by atoms with Gasteiger partial charge in [0.25, 0.3) is 5.88 Å². The monoisotopic (exact) mass is 140 g/mol. The Morgan fingerprint density at radius 2 is 2.10 bits per heavy atom. The van der Waals surface area contributed by atoms with Crippen LogP contribution < -0.4 is 9.47 Å². The lowest BCUT2D eigenvalue weighted by molar-refractivity contribution is 0.338. The zero-order valence-corrected chi connectivity index (χ0v) is 5.87. The molecule has 0 atom stereocenters. The van der Waals surface area contributed by atoms with Gasteiger partial charge in [-0.25, -0.2) is 0 Å². The summed E-state index contributed by atoms with van der Waals surface area (Å²) in [5.41, 5.74) is 0. The molecule has 4 heteroatoms. The molecule has 0 unspecified atom stereocenters. The molecule has 0 aliphatic rings. The van der Waals surface area contributed by atoms with Gasteiger partial charge >= 0.3 is 0 Å². The third kappa shape index (κ3) is 1.15. The van der Waals surface area contributed by atoms with E-state index >= 15 is 0 Å².